The number of halogens is 5. The van der Waals surface area contributed by atoms with Crippen LogP contribution < -0.4 is 4.74 Å². The third-order valence-electron chi connectivity index (χ3n) is 2.72. The Bertz CT molecular complexity index is 535. The molecule has 0 amide bonds. The average molecular weight is 299 g/mol. The molecule has 0 fully saturated rings. The molecule has 104 valence electrons. The van der Waals surface area contributed by atoms with Crippen LogP contribution in [0.3, 0.4) is 0 Å². The fourth-order valence-electron chi connectivity index (χ4n) is 1.70. The summed E-state index contributed by atoms with van der Waals surface area (Å²) in [7, 11) is 0. The number of benzene rings is 1. The summed E-state index contributed by atoms with van der Waals surface area (Å²) in [6.07, 6.45) is -5.45. The Kier molecular flexibility index (Phi) is 3.22. The first kappa shape index (κ1) is 14.1. The molecule has 0 saturated carbocycles. The molecule has 0 bridgehead atoms. The first-order valence-electron chi connectivity index (χ1n) is 5.07. The second-order valence-electron chi connectivity index (χ2n) is 4.05. The third kappa shape index (κ3) is 2.17. The zero-order valence-electron chi connectivity index (χ0n) is 9.17. The van der Waals surface area contributed by atoms with Gasteiger partial charge in [-0.1, -0.05) is 11.6 Å². The topological polar surface area (TPSA) is 46.5 Å². The van der Waals surface area contributed by atoms with Crippen molar-refractivity contribution in [1.29, 1.82) is 0 Å². The van der Waals surface area contributed by atoms with Gasteiger partial charge in [0.15, 0.2) is 5.78 Å². The van der Waals surface area contributed by atoms with E-state index in [4.69, 9.17) is 11.6 Å². The summed E-state index contributed by atoms with van der Waals surface area (Å²) in [5, 5.41) is 9.70. The molecule has 0 saturated heterocycles. The number of rotatable bonds is 2. The summed E-state index contributed by atoms with van der Waals surface area (Å²) < 4.78 is 55.6. The summed E-state index contributed by atoms with van der Waals surface area (Å²) in [5.41, 5.74) is -0.137. The highest BCUT2D eigenvalue weighted by Gasteiger charge is 2.64. The van der Waals surface area contributed by atoms with Crippen molar-refractivity contribution in [3.05, 3.63) is 28.8 Å². The Hall–Kier alpha value is -1.34. The number of aliphatic hydroxyl groups is 1. The smallest absolute Gasteiger partial charge is 0.371 e. The molecule has 1 aromatic carbocycles. The van der Waals surface area contributed by atoms with Gasteiger partial charge in [0.05, 0.1) is 12.0 Å². The SMILES string of the molecule is O=C1CC(O)(C(F)(F)C(F)F)Oc2ccc(Cl)cc21. The van der Waals surface area contributed by atoms with Crippen LogP contribution in [0, 0.1) is 0 Å². The minimum absolute atomic E-state index is 0.137. The van der Waals surface area contributed by atoms with Gasteiger partial charge < -0.3 is 9.84 Å². The zero-order valence-corrected chi connectivity index (χ0v) is 9.93. The van der Waals surface area contributed by atoms with Crippen LogP contribution in [0.2, 0.25) is 5.02 Å². The van der Waals surface area contributed by atoms with E-state index in [1.165, 1.54) is 6.07 Å². The highest BCUT2D eigenvalue weighted by atomic mass is 35.5. The van der Waals surface area contributed by atoms with Gasteiger partial charge in [0, 0.05) is 5.02 Å². The van der Waals surface area contributed by atoms with E-state index in [1.54, 1.807) is 0 Å². The van der Waals surface area contributed by atoms with Gasteiger partial charge in [0.2, 0.25) is 0 Å². The molecule has 1 unspecified atom stereocenters. The van der Waals surface area contributed by atoms with E-state index < -0.39 is 36.1 Å². The van der Waals surface area contributed by atoms with Crippen molar-refractivity contribution in [1.82, 2.24) is 0 Å². The van der Waals surface area contributed by atoms with E-state index in [0.29, 0.717) is 0 Å². The van der Waals surface area contributed by atoms with E-state index >= 15 is 0 Å². The molecule has 0 radical (unpaired) electrons. The van der Waals surface area contributed by atoms with Gasteiger partial charge in [0.1, 0.15) is 5.75 Å². The molecule has 1 N–H and O–H groups in total. The second kappa shape index (κ2) is 4.35. The maximum atomic E-state index is 13.3. The number of carbonyl (C=O) groups excluding carboxylic acids is 1. The van der Waals surface area contributed by atoms with Crippen molar-refractivity contribution >= 4 is 17.4 Å². The highest BCUT2D eigenvalue weighted by molar-refractivity contribution is 6.31. The monoisotopic (exact) mass is 298 g/mol. The standard InChI is InChI=1S/C11H7ClF4O3/c12-5-1-2-8-6(3-5)7(17)4-10(18,19-8)11(15,16)9(13)14/h1-3,9,18H,4H2. The molecule has 1 atom stereocenters. The maximum absolute atomic E-state index is 13.3. The van der Waals surface area contributed by atoms with E-state index in [2.05, 4.69) is 4.74 Å². The van der Waals surface area contributed by atoms with Crippen LogP contribution >= 0.6 is 11.6 Å². The maximum Gasteiger partial charge on any atom is 0.371 e. The minimum Gasteiger partial charge on any atom is -0.454 e. The number of Topliss-reactive ketones (excluding diaryl/α,β-unsaturated/α-hetero) is 1. The first-order chi connectivity index (χ1) is 8.67. The van der Waals surface area contributed by atoms with Gasteiger partial charge in [0.25, 0.3) is 5.79 Å². The lowest BCUT2D eigenvalue weighted by Gasteiger charge is -2.37. The number of ketones is 1. The highest BCUT2D eigenvalue weighted by Crippen LogP contribution is 2.43. The van der Waals surface area contributed by atoms with E-state index in [-0.39, 0.29) is 10.6 Å². The van der Waals surface area contributed by atoms with Gasteiger partial charge in [-0.2, -0.15) is 8.78 Å². The third-order valence-corrected chi connectivity index (χ3v) is 2.95. The van der Waals surface area contributed by atoms with Gasteiger partial charge in [-0.3, -0.25) is 4.79 Å². The number of carbonyl (C=O) groups is 1. The molecule has 2 rings (SSSR count). The van der Waals surface area contributed by atoms with Crippen molar-refractivity contribution in [2.45, 2.75) is 24.6 Å². The average Bonchev–Trinajstić information content (AvgIpc) is 2.30. The lowest BCUT2D eigenvalue weighted by Crippen LogP contribution is -2.59. The molecule has 1 aliphatic heterocycles. The Morgan fingerprint density at radius 2 is 2.05 bits per heavy atom. The normalized spacial score (nSPS) is 23.2. The first-order valence-corrected chi connectivity index (χ1v) is 5.45. The minimum atomic E-state index is -4.88. The number of ether oxygens (including phenoxy) is 1. The summed E-state index contributed by atoms with van der Waals surface area (Å²) in [5.74, 6) is -9.81. The lowest BCUT2D eigenvalue weighted by molar-refractivity contribution is -0.316. The van der Waals surface area contributed by atoms with Crippen molar-refractivity contribution in [2.75, 3.05) is 0 Å². The van der Waals surface area contributed by atoms with Gasteiger partial charge >= 0.3 is 12.3 Å². The van der Waals surface area contributed by atoms with Crippen LogP contribution in [0.1, 0.15) is 16.8 Å². The molecule has 19 heavy (non-hydrogen) atoms. The molecular weight excluding hydrogens is 292 g/mol. The molecule has 3 nitrogen and oxygen atoms in total. The largest absolute Gasteiger partial charge is 0.454 e. The summed E-state index contributed by atoms with van der Waals surface area (Å²) in [6.45, 7) is 0. The van der Waals surface area contributed by atoms with Crippen LogP contribution in [0.15, 0.2) is 18.2 Å². The number of hydrogen-bond acceptors (Lipinski definition) is 3. The summed E-state index contributed by atoms with van der Waals surface area (Å²) in [4.78, 5) is 11.6. The lowest BCUT2D eigenvalue weighted by atomic mass is 9.94. The van der Waals surface area contributed by atoms with Gasteiger partial charge in [-0.05, 0) is 18.2 Å². The van der Waals surface area contributed by atoms with Crippen LogP contribution in [0.25, 0.3) is 0 Å². The number of fused-ring (bicyclic) bond motifs is 1. The van der Waals surface area contributed by atoms with Crippen LogP contribution in [-0.4, -0.2) is 29.0 Å². The number of alkyl halides is 4. The molecule has 0 aromatic heterocycles. The van der Waals surface area contributed by atoms with E-state index in [1.807, 2.05) is 0 Å². The fourth-order valence-corrected chi connectivity index (χ4v) is 1.87. The van der Waals surface area contributed by atoms with Crippen molar-refractivity contribution in [2.24, 2.45) is 0 Å². The molecule has 1 heterocycles. The predicted molar refractivity (Wildman–Crippen MR) is 56.9 cm³/mol. The Morgan fingerprint density at radius 3 is 2.63 bits per heavy atom. The Labute approximate surface area is 109 Å². The molecule has 1 aliphatic rings. The second-order valence-corrected chi connectivity index (χ2v) is 4.49. The molecule has 1 aromatic rings. The molecule has 8 heteroatoms. The number of hydrogen-bond donors (Lipinski definition) is 1. The van der Waals surface area contributed by atoms with E-state index in [0.717, 1.165) is 12.1 Å². The van der Waals surface area contributed by atoms with Crippen molar-refractivity contribution in [3.8, 4) is 5.75 Å². The predicted octanol–water partition coefficient (Wildman–Crippen LogP) is 2.89. The zero-order chi connectivity index (χ0) is 14.4. The Balaban J connectivity index is 2.46. The Morgan fingerprint density at radius 1 is 1.42 bits per heavy atom. The van der Waals surface area contributed by atoms with Crippen molar-refractivity contribution in [3.63, 3.8) is 0 Å². The molecular formula is C11H7ClF4O3. The van der Waals surface area contributed by atoms with Crippen molar-refractivity contribution < 1.29 is 32.2 Å². The van der Waals surface area contributed by atoms with E-state index in [9.17, 15) is 27.5 Å². The fraction of sp³-hybridized carbons (Fsp3) is 0.364. The quantitative estimate of drug-likeness (QED) is 0.854. The summed E-state index contributed by atoms with van der Waals surface area (Å²) >= 11 is 5.61. The van der Waals surface area contributed by atoms with Gasteiger partial charge in [-0.25, -0.2) is 8.78 Å². The summed E-state index contributed by atoms with van der Waals surface area (Å²) in [6, 6.07) is 3.43. The van der Waals surface area contributed by atoms with Crippen LogP contribution in [-0.2, 0) is 0 Å². The molecule has 0 spiro atoms. The van der Waals surface area contributed by atoms with Gasteiger partial charge in [-0.15, -0.1) is 0 Å². The molecule has 0 aliphatic carbocycles. The van der Waals surface area contributed by atoms with Crippen LogP contribution in [0.5, 0.6) is 5.75 Å². The van der Waals surface area contributed by atoms with Crippen LogP contribution in [0.4, 0.5) is 17.6 Å².